The summed E-state index contributed by atoms with van der Waals surface area (Å²) in [6, 6.07) is 5.95. The molecule has 1 heterocycles. The van der Waals surface area contributed by atoms with Crippen LogP contribution in [0.4, 0.5) is 24.5 Å². The van der Waals surface area contributed by atoms with Crippen LogP contribution in [-0.2, 0) is 7.05 Å². The summed E-state index contributed by atoms with van der Waals surface area (Å²) in [6.45, 7) is 1.77. The number of halogens is 4. The van der Waals surface area contributed by atoms with Crippen LogP contribution >= 0.6 is 22.6 Å². The highest BCUT2D eigenvalue weighted by Crippen LogP contribution is 2.31. The Hall–Kier alpha value is -2.37. The first-order valence-corrected chi connectivity index (χ1v) is 8.07. The smallest absolute Gasteiger partial charge is 0.351 e. The third-order valence-corrected chi connectivity index (χ3v) is 4.21. The minimum Gasteiger partial charge on any atom is -0.351 e. The fourth-order valence-corrected chi connectivity index (χ4v) is 2.88. The lowest BCUT2D eigenvalue weighted by atomic mass is 10.1. The van der Waals surface area contributed by atoms with E-state index in [-0.39, 0.29) is 5.69 Å². The van der Waals surface area contributed by atoms with E-state index in [1.165, 1.54) is 7.05 Å². The molecule has 0 radical (unpaired) electrons. The van der Waals surface area contributed by atoms with Crippen molar-refractivity contribution in [2.75, 3.05) is 5.32 Å². The van der Waals surface area contributed by atoms with Crippen molar-refractivity contribution in [1.82, 2.24) is 19.8 Å². The Labute approximate surface area is 153 Å². The predicted molar refractivity (Wildman–Crippen MR) is 93.7 cm³/mol. The summed E-state index contributed by atoms with van der Waals surface area (Å²) in [5.41, 5.74) is -0.192. The first kappa shape index (κ1) is 17.5. The van der Waals surface area contributed by atoms with E-state index in [4.69, 9.17) is 0 Å². The molecule has 25 heavy (non-hydrogen) atoms. The van der Waals surface area contributed by atoms with Gasteiger partial charge in [0.15, 0.2) is 17.5 Å². The van der Waals surface area contributed by atoms with Crippen LogP contribution in [0.2, 0.25) is 0 Å². The van der Waals surface area contributed by atoms with Gasteiger partial charge in [-0.1, -0.05) is 0 Å². The Morgan fingerprint density at radius 2 is 1.84 bits per heavy atom. The Morgan fingerprint density at radius 1 is 1.12 bits per heavy atom. The van der Waals surface area contributed by atoms with Crippen molar-refractivity contribution in [3.05, 3.63) is 61.3 Å². The molecule has 1 aromatic heterocycles. The zero-order chi connectivity index (χ0) is 18.3. The summed E-state index contributed by atoms with van der Waals surface area (Å²) < 4.78 is 44.4. The maximum Gasteiger partial charge on any atom is 0.368 e. The van der Waals surface area contributed by atoms with E-state index < -0.39 is 28.8 Å². The number of benzene rings is 2. The Bertz CT molecular complexity index is 1030. The average Bonchev–Trinajstić information content (AvgIpc) is 2.89. The molecule has 130 valence electrons. The maximum absolute atomic E-state index is 14.4. The van der Waals surface area contributed by atoms with Crippen LogP contribution in [0.25, 0.3) is 5.69 Å². The average molecular weight is 461 g/mol. The number of aromatic nitrogens is 4. The number of anilines is 2. The van der Waals surface area contributed by atoms with E-state index in [0.717, 1.165) is 13.8 Å². The molecule has 0 fully saturated rings. The van der Waals surface area contributed by atoms with Crippen molar-refractivity contribution in [3.8, 4) is 5.69 Å². The van der Waals surface area contributed by atoms with E-state index >= 15 is 0 Å². The Morgan fingerprint density at radius 3 is 2.44 bits per heavy atom. The van der Waals surface area contributed by atoms with Gasteiger partial charge in [0.1, 0.15) is 11.4 Å². The van der Waals surface area contributed by atoms with Crippen LogP contribution < -0.4 is 11.0 Å². The monoisotopic (exact) mass is 461 g/mol. The van der Waals surface area contributed by atoms with E-state index in [2.05, 4.69) is 38.3 Å². The molecule has 0 spiro atoms. The van der Waals surface area contributed by atoms with Gasteiger partial charge in [-0.25, -0.2) is 18.0 Å². The van der Waals surface area contributed by atoms with E-state index in [1.54, 1.807) is 19.1 Å². The first-order chi connectivity index (χ1) is 11.8. The van der Waals surface area contributed by atoms with Crippen molar-refractivity contribution < 1.29 is 13.2 Å². The maximum atomic E-state index is 14.4. The number of tetrazole rings is 1. The molecule has 0 aliphatic rings. The minimum atomic E-state index is -1.65. The summed E-state index contributed by atoms with van der Waals surface area (Å²) in [6.07, 6.45) is 0. The van der Waals surface area contributed by atoms with Gasteiger partial charge in [-0.2, -0.15) is 9.36 Å². The summed E-state index contributed by atoms with van der Waals surface area (Å²) >= 11 is 2.11. The van der Waals surface area contributed by atoms with E-state index in [0.29, 0.717) is 16.4 Å². The van der Waals surface area contributed by atoms with Gasteiger partial charge in [-0.15, -0.1) is 0 Å². The van der Waals surface area contributed by atoms with Gasteiger partial charge in [0.05, 0.1) is 0 Å². The normalized spacial score (nSPS) is 11.0. The number of nitrogens with one attached hydrogen (secondary N) is 1. The zero-order valence-electron chi connectivity index (χ0n) is 13.0. The molecule has 3 rings (SSSR count). The molecule has 10 heteroatoms. The Kier molecular flexibility index (Phi) is 4.54. The molecule has 0 aliphatic heterocycles. The number of aryl methyl sites for hydroxylation is 2. The number of hydrogen-bond acceptors (Lipinski definition) is 4. The lowest BCUT2D eigenvalue weighted by Crippen LogP contribution is -2.23. The highest BCUT2D eigenvalue weighted by molar-refractivity contribution is 14.1. The summed E-state index contributed by atoms with van der Waals surface area (Å²) in [5.74, 6) is -4.54. The molecule has 0 atom stereocenters. The molecular weight excluding hydrogens is 450 g/mol. The summed E-state index contributed by atoms with van der Waals surface area (Å²) in [4.78, 5) is 12.0. The topological polar surface area (TPSA) is 64.7 Å². The second-order valence-electron chi connectivity index (χ2n) is 5.26. The van der Waals surface area contributed by atoms with Crippen LogP contribution in [0, 0.1) is 27.9 Å². The van der Waals surface area contributed by atoms with Crippen LogP contribution in [-0.4, -0.2) is 19.8 Å². The molecule has 3 aromatic rings. The first-order valence-electron chi connectivity index (χ1n) is 6.99. The highest BCUT2D eigenvalue weighted by atomic mass is 127. The van der Waals surface area contributed by atoms with Crippen molar-refractivity contribution in [2.24, 2.45) is 7.05 Å². The molecule has 0 amide bonds. The SMILES string of the molecule is Cc1cc(I)ccc1Nc1c(-n2nnn(C)c2=O)cc(F)c(F)c1F. The van der Waals surface area contributed by atoms with Gasteiger partial charge in [0, 0.05) is 22.4 Å². The van der Waals surface area contributed by atoms with Crippen molar-refractivity contribution in [3.63, 3.8) is 0 Å². The molecule has 0 saturated heterocycles. The standard InChI is InChI=1S/C15H11F3IN5O/c1-7-5-8(19)3-4-10(7)20-14-11(6-9(16)12(17)13(14)18)24-15(25)23(2)21-22-24/h3-6,20H,1-2H3. The number of rotatable bonds is 3. The van der Waals surface area contributed by atoms with Crippen molar-refractivity contribution in [2.45, 2.75) is 6.92 Å². The molecule has 1 N–H and O–H groups in total. The van der Waals surface area contributed by atoms with Gasteiger partial charge < -0.3 is 5.32 Å². The second kappa shape index (κ2) is 6.50. The predicted octanol–water partition coefficient (Wildman–Crippen LogP) is 3.04. The molecule has 0 unspecified atom stereocenters. The third-order valence-electron chi connectivity index (χ3n) is 3.54. The third kappa shape index (κ3) is 3.13. The Balaban J connectivity index is 2.22. The van der Waals surface area contributed by atoms with Crippen LogP contribution in [0.3, 0.4) is 0 Å². The molecule has 0 bridgehead atoms. The fourth-order valence-electron chi connectivity index (χ4n) is 2.24. The van der Waals surface area contributed by atoms with Gasteiger partial charge in [0.25, 0.3) is 0 Å². The van der Waals surface area contributed by atoms with Crippen LogP contribution in [0.1, 0.15) is 5.56 Å². The van der Waals surface area contributed by atoms with Crippen molar-refractivity contribution in [1.29, 1.82) is 0 Å². The van der Waals surface area contributed by atoms with E-state index in [9.17, 15) is 18.0 Å². The minimum absolute atomic E-state index is 0.285. The number of hydrogen-bond donors (Lipinski definition) is 1. The summed E-state index contributed by atoms with van der Waals surface area (Å²) in [7, 11) is 1.33. The number of nitrogens with zero attached hydrogens (tertiary/aromatic N) is 4. The van der Waals surface area contributed by atoms with Crippen molar-refractivity contribution >= 4 is 34.0 Å². The quantitative estimate of drug-likeness (QED) is 0.482. The van der Waals surface area contributed by atoms with Gasteiger partial charge in [-0.3, -0.25) is 0 Å². The summed E-state index contributed by atoms with van der Waals surface area (Å²) in [5, 5.41) is 9.78. The molecule has 6 nitrogen and oxygen atoms in total. The second-order valence-corrected chi connectivity index (χ2v) is 6.51. The zero-order valence-corrected chi connectivity index (χ0v) is 15.2. The fraction of sp³-hybridized carbons (Fsp3) is 0.133. The highest BCUT2D eigenvalue weighted by Gasteiger charge is 2.23. The lowest BCUT2D eigenvalue weighted by molar-refractivity contribution is 0.448. The van der Waals surface area contributed by atoms with Crippen LogP contribution in [0.15, 0.2) is 29.1 Å². The van der Waals surface area contributed by atoms with Gasteiger partial charge in [-0.05, 0) is 63.7 Å². The molecule has 2 aromatic carbocycles. The van der Waals surface area contributed by atoms with Gasteiger partial charge >= 0.3 is 5.69 Å². The molecule has 0 aliphatic carbocycles. The largest absolute Gasteiger partial charge is 0.368 e. The van der Waals surface area contributed by atoms with Gasteiger partial charge in [0.2, 0.25) is 0 Å². The molecule has 0 saturated carbocycles. The van der Waals surface area contributed by atoms with Crippen LogP contribution in [0.5, 0.6) is 0 Å². The van der Waals surface area contributed by atoms with E-state index in [1.807, 2.05) is 6.07 Å². The lowest BCUT2D eigenvalue weighted by Gasteiger charge is -2.15. The molecular formula is C15H11F3IN5O.